The van der Waals surface area contributed by atoms with E-state index >= 15 is 0 Å². The summed E-state index contributed by atoms with van der Waals surface area (Å²) in [5.74, 6) is -0.0964. The fourth-order valence-corrected chi connectivity index (χ4v) is 2.97. The van der Waals surface area contributed by atoms with Crippen molar-refractivity contribution in [3.8, 4) is 0 Å². The van der Waals surface area contributed by atoms with Crippen LogP contribution in [0.3, 0.4) is 0 Å². The Hall–Kier alpha value is -1.19. The van der Waals surface area contributed by atoms with Crippen LogP contribution >= 0.6 is 11.3 Å². The molecule has 0 bridgehead atoms. The first-order chi connectivity index (χ1) is 9.29. The highest BCUT2D eigenvalue weighted by molar-refractivity contribution is 7.07. The van der Waals surface area contributed by atoms with Gasteiger partial charge in [0.2, 0.25) is 0 Å². The lowest BCUT2D eigenvalue weighted by Gasteiger charge is -2.18. The highest BCUT2D eigenvalue weighted by Gasteiger charge is 2.11. The predicted molar refractivity (Wildman–Crippen MR) is 80.2 cm³/mol. The fourth-order valence-electron chi connectivity index (χ4n) is 2.27. The van der Waals surface area contributed by atoms with Crippen molar-refractivity contribution in [2.45, 2.75) is 32.2 Å². The Bertz CT molecular complexity index is 481. The van der Waals surface area contributed by atoms with Gasteiger partial charge in [-0.3, -0.25) is 0 Å². The molecular formula is C16H20FNS. The van der Waals surface area contributed by atoms with Gasteiger partial charge >= 0.3 is 0 Å². The summed E-state index contributed by atoms with van der Waals surface area (Å²) in [6, 6.07) is 9.56. The van der Waals surface area contributed by atoms with Gasteiger partial charge in [-0.1, -0.05) is 25.1 Å². The quantitative estimate of drug-likeness (QED) is 0.805. The summed E-state index contributed by atoms with van der Waals surface area (Å²) in [4.78, 5) is 0. The van der Waals surface area contributed by atoms with Gasteiger partial charge in [0.1, 0.15) is 5.82 Å². The van der Waals surface area contributed by atoms with Gasteiger partial charge in [0.25, 0.3) is 0 Å². The molecule has 1 aromatic heterocycles. The molecule has 0 fully saturated rings. The number of nitrogens with one attached hydrogen (secondary N) is 1. The van der Waals surface area contributed by atoms with Crippen LogP contribution in [-0.2, 0) is 12.8 Å². The van der Waals surface area contributed by atoms with Gasteiger partial charge in [-0.25, -0.2) is 4.39 Å². The van der Waals surface area contributed by atoms with Crippen LogP contribution in [0.1, 0.15) is 24.5 Å². The zero-order valence-corrected chi connectivity index (χ0v) is 12.0. The van der Waals surface area contributed by atoms with E-state index < -0.39 is 0 Å². The third-order valence-electron chi connectivity index (χ3n) is 3.28. The third kappa shape index (κ3) is 4.44. The molecule has 1 unspecified atom stereocenters. The Morgan fingerprint density at radius 1 is 1.26 bits per heavy atom. The van der Waals surface area contributed by atoms with Crippen molar-refractivity contribution in [2.24, 2.45) is 0 Å². The van der Waals surface area contributed by atoms with Gasteiger partial charge in [-0.15, -0.1) is 0 Å². The van der Waals surface area contributed by atoms with Crippen molar-refractivity contribution >= 4 is 11.3 Å². The maximum Gasteiger partial charge on any atom is 0.126 e. The largest absolute Gasteiger partial charge is 0.314 e. The summed E-state index contributed by atoms with van der Waals surface area (Å²) < 4.78 is 13.7. The van der Waals surface area contributed by atoms with Crippen LogP contribution in [0.25, 0.3) is 0 Å². The molecule has 3 heteroatoms. The summed E-state index contributed by atoms with van der Waals surface area (Å²) in [5.41, 5.74) is 2.18. The monoisotopic (exact) mass is 277 g/mol. The van der Waals surface area contributed by atoms with E-state index in [-0.39, 0.29) is 5.82 Å². The van der Waals surface area contributed by atoms with Gasteiger partial charge in [-0.05, 0) is 59.8 Å². The number of halogens is 1. The minimum atomic E-state index is -0.0964. The van der Waals surface area contributed by atoms with Crippen LogP contribution in [0, 0.1) is 5.82 Å². The van der Waals surface area contributed by atoms with E-state index in [1.54, 1.807) is 17.4 Å². The summed E-state index contributed by atoms with van der Waals surface area (Å²) in [6.07, 6.45) is 2.85. The zero-order chi connectivity index (χ0) is 13.5. The summed E-state index contributed by atoms with van der Waals surface area (Å²) >= 11 is 1.73. The SMILES string of the molecule is CCNC(CCc1ccsc1)Cc1ccccc1F. The van der Waals surface area contributed by atoms with Gasteiger partial charge in [-0.2, -0.15) is 11.3 Å². The van der Waals surface area contributed by atoms with E-state index in [1.807, 2.05) is 12.1 Å². The second-order valence-electron chi connectivity index (χ2n) is 4.72. The van der Waals surface area contributed by atoms with Crippen LogP contribution in [0.5, 0.6) is 0 Å². The minimum absolute atomic E-state index is 0.0964. The molecule has 1 aromatic carbocycles. The molecule has 1 N–H and O–H groups in total. The first kappa shape index (κ1) is 14.2. The van der Waals surface area contributed by atoms with Crippen LogP contribution in [-0.4, -0.2) is 12.6 Å². The van der Waals surface area contributed by atoms with Crippen molar-refractivity contribution < 1.29 is 4.39 Å². The van der Waals surface area contributed by atoms with Gasteiger partial charge in [0.15, 0.2) is 0 Å². The van der Waals surface area contributed by atoms with Crippen LogP contribution in [0.4, 0.5) is 4.39 Å². The molecular weight excluding hydrogens is 257 g/mol. The van der Waals surface area contributed by atoms with Crippen molar-refractivity contribution in [2.75, 3.05) is 6.54 Å². The van der Waals surface area contributed by atoms with Crippen molar-refractivity contribution in [3.05, 3.63) is 58.0 Å². The molecule has 2 aromatic rings. The van der Waals surface area contributed by atoms with Gasteiger partial charge < -0.3 is 5.32 Å². The lowest BCUT2D eigenvalue weighted by atomic mass is 9.99. The maximum absolute atomic E-state index is 13.7. The molecule has 1 nitrogen and oxygen atoms in total. The number of likely N-dealkylation sites (N-methyl/N-ethyl adjacent to an activating group) is 1. The number of benzene rings is 1. The van der Waals surface area contributed by atoms with Gasteiger partial charge in [0, 0.05) is 6.04 Å². The Morgan fingerprint density at radius 2 is 2.11 bits per heavy atom. The van der Waals surface area contributed by atoms with E-state index in [0.29, 0.717) is 6.04 Å². The van der Waals surface area contributed by atoms with E-state index in [4.69, 9.17) is 0 Å². The topological polar surface area (TPSA) is 12.0 Å². The molecule has 2 rings (SSSR count). The number of thiophene rings is 1. The lowest BCUT2D eigenvalue weighted by Crippen LogP contribution is -2.31. The minimum Gasteiger partial charge on any atom is -0.314 e. The van der Waals surface area contributed by atoms with Gasteiger partial charge in [0.05, 0.1) is 0 Å². The van der Waals surface area contributed by atoms with Crippen molar-refractivity contribution in [1.29, 1.82) is 0 Å². The molecule has 0 amide bonds. The first-order valence-electron chi connectivity index (χ1n) is 6.77. The zero-order valence-electron chi connectivity index (χ0n) is 11.2. The fraction of sp³-hybridized carbons (Fsp3) is 0.375. The molecule has 0 saturated heterocycles. The third-order valence-corrected chi connectivity index (χ3v) is 4.01. The van der Waals surface area contributed by atoms with Crippen LogP contribution in [0.15, 0.2) is 41.1 Å². The first-order valence-corrected chi connectivity index (χ1v) is 7.71. The second-order valence-corrected chi connectivity index (χ2v) is 5.50. The van der Waals surface area contributed by atoms with Crippen LogP contribution < -0.4 is 5.32 Å². The molecule has 1 atom stereocenters. The number of hydrogen-bond acceptors (Lipinski definition) is 2. The van der Waals surface area contributed by atoms with E-state index in [0.717, 1.165) is 31.4 Å². The number of aryl methyl sites for hydroxylation is 1. The summed E-state index contributed by atoms with van der Waals surface area (Å²) in [7, 11) is 0. The molecule has 0 saturated carbocycles. The molecule has 0 spiro atoms. The highest BCUT2D eigenvalue weighted by atomic mass is 32.1. The Kier molecular flexibility index (Phi) is 5.55. The second kappa shape index (κ2) is 7.41. The Balaban J connectivity index is 1.94. The smallest absolute Gasteiger partial charge is 0.126 e. The van der Waals surface area contributed by atoms with Crippen LogP contribution in [0.2, 0.25) is 0 Å². The number of rotatable bonds is 7. The average Bonchev–Trinajstić information content (AvgIpc) is 2.92. The van der Waals surface area contributed by atoms with E-state index in [2.05, 4.69) is 29.1 Å². The van der Waals surface area contributed by atoms with E-state index in [9.17, 15) is 4.39 Å². The average molecular weight is 277 g/mol. The summed E-state index contributed by atoms with van der Waals surface area (Å²) in [5, 5.41) is 7.75. The molecule has 0 aliphatic heterocycles. The predicted octanol–water partition coefficient (Wildman–Crippen LogP) is 4.04. The Labute approximate surface area is 118 Å². The Morgan fingerprint density at radius 3 is 2.79 bits per heavy atom. The number of hydrogen-bond donors (Lipinski definition) is 1. The maximum atomic E-state index is 13.7. The molecule has 1 heterocycles. The molecule has 0 aliphatic rings. The molecule has 19 heavy (non-hydrogen) atoms. The standard InChI is InChI=1S/C16H20FNS/c1-2-18-15(8-7-13-9-10-19-12-13)11-14-5-3-4-6-16(14)17/h3-6,9-10,12,15,18H,2,7-8,11H2,1H3. The van der Waals surface area contributed by atoms with E-state index in [1.165, 1.54) is 11.6 Å². The molecule has 102 valence electrons. The normalized spacial score (nSPS) is 12.5. The van der Waals surface area contributed by atoms with Crippen molar-refractivity contribution in [3.63, 3.8) is 0 Å². The molecule has 0 radical (unpaired) electrons. The lowest BCUT2D eigenvalue weighted by molar-refractivity contribution is 0.480. The summed E-state index contributed by atoms with van der Waals surface area (Å²) in [6.45, 7) is 3.02. The molecule has 0 aliphatic carbocycles. The van der Waals surface area contributed by atoms with Crippen molar-refractivity contribution in [1.82, 2.24) is 5.32 Å². The highest BCUT2D eigenvalue weighted by Crippen LogP contribution is 2.14.